The molecule has 0 aliphatic carbocycles. The Morgan fingerprint density at radius 1 is 1.09 bits per heavy atom. The summed E-state index contributed by atoms with van der Waals surface area (Å²) >= 11 is 3.23. The summed E-state index contributed by atoms with van der Waals surface area (Å²) in [5.74, 6) is -0.714. The molecule has 0 spiro atoms. The lowest BCUT2D eigenvalue weighted by Gasteiger charge is -2.08. The van der Waals surface area contributed by atoms with E-state index in [1.807, 2.05) is 0 Å². The Hall–Kier alpha value is -2.60. The summed E-state index contributed by atoms with van der Waals surface area (Å²) in [4.78, 5) is 23.3. The number of halogens is 1. The average Bonchev–Trinajstić information content (AvgIpc) is 2.50. The summed E-state index contributed by atoms with van der Waals surface area (Å²) in [6, 6.07) is 11.2. The first-order valence-electron chi connectivity index (χ1n) is 6.33. The zero-order valence-corrected chi connectivity index (χ0v) is 13.1. The molecule has 2 rings (SSSR count). The van der Waals surface area contributed by atoms with Crippen LogP contribution in [0.2, 0.25) is 0 Å². The van der Waals surface area contributed by atoms with Gasteiger partial charge in [-0.2, -0.15) is 0 Å². The molecule has 2 aromatic carbocycles. The number of carbonyl (C=O) groups excluding carboxylic acids is 2. The molecule has 0 saturated carbocycles. The Labute approximate surface area is 135 Å². The van der Waals surface area contributed by atoms with Crippen molar-refractivity contribution in [2.75, 3.05) is 10.6 Å². The zero-order chi connectivity index (χ0) is 16.1. The van der Waals surface area contributed by atoms with Crippen LogP contribution in [0.25, 0.3) is 0 Å². The smallest absolute Gasteiger partial charge is 0.255 e. The number of anilines is 2. The van der Waals surface area contributed by atoms with Gasteiger partial charge in [0.1, 0.15) is 5.75 Å². The number of aromatic hydroxyl groups is 1. The number of hydrogen-bond donors (Lipinski definition) is 3. The molecular weight excluding hydrogens is 348 g/mol. The molecule has 0 aliphatic heterocycles. The summed E-state index contributed by atoms with van der Waals surface area (Å²) in [5.41, 5.74) is 1.28. The van der Waals surface area contributed by atoms with E-state index in [2.05, 4.69) is 33.1 Å². The second-order valence-corrected chi connectivity index (χ2v) is 5.30. The lowest BCUT2D eigenvalue weighted by Crippen LogP contribution is -2.12. The number of benzene rings is 2. The van der Waals surface area contributed by atoms with Crippen LogP contribution in [-0.2, 0) is 4.79 Å². The molecule has 2 amide bonds. The van der Waals surface area contributed by atoms with Crippen LogP contribution in [0.5, 0.6) is 5.75 Å². The molecule has 0 unspecified atom stereocenters. The quantitative estimate of drug-likeness (QED) is 0.576. The number of phenols is 1. The molecule has 22 heavy (non-hydrogen) atoms. The van der Waals surface area contributed by atoms with Gasteiger partial charge in [-0.25, -0.2) is 0 Å². The Kier molecular flexibility index (Phi) is 4.95. The lowest BCUT2D eigenvalue weighted by atomic mass is 10.2. The zero-order valence-electron chi connectivity index (χ0n) is 11.5. The van der Waals surface area contributed by atoms with Gasteiger partial charge in [0.25, 0.3) is 5.91 Å². The summed E-state index contributed by atoms with van der Waals surface area (Å²) in [6.45, 7) is 3.36. The van der Waals surface area contributed by atoms with Crippen molar-refractivity contribution in [2.24, 2.45) is 0 Å². The predicted octanol–water partition coefficient (Wildman–Crippen LogP) is 3.53. The van der Waals surface area contributed by atoms with Gasteiger partial charge in [-0.1, -0.05) is 22.5 Å². The maximum Gasteiger partial charge on any atom is 0.255 e. The summed E-state index contributed by atoms with van der Waals surface area (Å²) in [7, 11) is 0. The molecule has 3 N–H and O–H groups in total. The highest BCUT2D eigenvalue weighted by Crippen LogP contribution is 2.27. The van der Waals surface area contributed by atoms with E-state index in [0.29, 0.717) is 21.4 Å². The van der Waals surface area contributed by atoms with E-state index < -0.39 is 0 Å². The van der Waals surface area contributed by atoms with E-state index in [4.69, 9.17) is 0 Å². The van der Waals surface area contributed by atoms with Crippen LogP contribution in [-0.4, -0.2) is 16.9 Å². The average molecular weight is 361 g/mol. The third-order valence-corrected chi connectivity index (χ3v) is 3.30. The number of hydrogen-bond acceptors (Lipinski definition) is 3. The van der Waals surface area contributed by atoms with Gasteiger partial charge in [-0.15, -0.1) is 0 Å². The monoisotopic (exact) mass is 360 g/mol. The minimum atomic E-state index is -0.362. The molecule has 0 radical (unpaired) electrons. The number of amides is 2. The fraction of sp³-hybridized carbons (Fsp3) is 0. The maximum absolute atomic E-state index is 12.1. The highest BCUT2D eigenvalue weighted by atomic mass is 79.9. The lowest BCUT2D eigenvalue weighted by molar-refractivity contribution is -0.111. The van der Waals surface area contributed by atoms with Crippen LogP contribution >= 0.6 is 15.9 Å². The van der Waals surface area contributed by atoms with Gasteiger partial charge in [0.05, 0.1) is 5.69 Å². The van der Waals surface area contributed by atoms with Crippen LogP contribution in [0.1, 0.15) is 10.4 Å². The Morgan fingerprint density at radius 2 is 1.77 bits per heavy atom. The van der Waals surface area contributed by atoms with Crippen LogP contribution < -0.4 is 10.6 Å². The van der Waals surface area contributed by atoms with Crippen molar-refractivity contribution in [1.82, 2.24) is 0 Å². The molecule has 112 valence electrons. The van der Waals surface area contributed by atoms with Crippen molar-refractivity contribution in [1.29, 1.82) is 0 Å². The summed E-state index contributed by atoms with van der Waals surface area (Å²) in [5, 5.41) is 15.0. The minimum absolute atomic E-state index is 0.0300. The van der Waals surface area contributed by atoms with Crippen molar-refractivity contribution < 1.29 is 14.7 Å². The molecule has 5 nitrogen and oxygen atoms in total. The van der Waals surface area contributed by atoms with Gasteiger partial charge in [-0.3, -0.25) is 9.59 Å². The summed E-state index contributed by atoms with van der Waals surface area (Å²) in [6.07, 6.45) is 1.16. The first-order valence-corrected chi connectivity index (χ1v) is 7.12. The molecule has 0 fully saturated rings. The predicted molar refractivity (Wildman–Crippen MR) is 89.0 cm³/mol. The number of phenolic OH excluding ortho intramolecular Hbond substituents is 1. The van der Waals surface area contributed by atoms with Crippen molar-refractivity contribution >= 4 is 39.1 Å². The van der Waals surface area contributed by atoms with Crippen molar-refractivity contribution in [2.45, 2.75) is 0 Å². The normalized spacial score (nSPS) is 9.86. The van der Waals surface area contributed by atoms with Gasteiger partial charge in [0, 0.05) is 15.7 Å². The Balaban J connectivity index is 2.09. The third-order valence-electron chi connectivity index (χ3n) is 2.81. The van der Waals surface area contributed by atoms with Gasteiger partial charge >= 0.3 is 0 Å². The number of carbonyl (C=O) groups is 2. The Bertz CT molecular complexity index is 727. The maximum atomic E-state index is 12.1. The Morgan fingerprint density at radius 3 is 2.36 bits per heavy atom. The first kappa shape index (κ1) is 15.8. The van der Waals surface area contributed by atoms with Crippen molar-refractivity contribution in [3.8, 4) is 5.75 Å². The molecule has 0 heterocycles. The first-order chi connectivity index (χ1) is 10.5. The summed E-state index contributed by atoms with van der Waals surface area (Å²) < 4.78 is 0.713. The molecule has 0 atom stereocenters. The largest absolute Gasteiger partial charge is 0.506 e. The topological polar surface area (TPSA) is 78.4 Å². The van der Waals surface area contributed by atoms with E-state index >= 15 is 0 Å². The fourth-order valence-corrected chi connectivity index (χ4v) is 2.05. The van der Waals surface area contributed by atoms with E-state index in [1.165, 1.54) is 6.07 Å². The number of nitrogens with one attached hydrogen (secondary N) is 2. The molecular formula is C16H13BrN2O3. The fourth-order valence-electron chi connectivity index (χ4n) is 1.70. The molecule has 0 aliphatic rings. The van der Waals surface area contributed by atoms with Gasteiger partial charge in [-0.05, 0) is 48.5 Å². The highest BCUT2D eigenvalue weighted by molar-refractivity contribution is 9.10. The SMILES string of the molecule is C=CC(=O)Nc1ccc(C(=O)Nc2ccc(Br)cc2O)cc1. The highest BCUT2D eigenvalue weighted by Gasteiger charge is 2.09. The van der Waals surface area contributed by atoms with E-state index in [0.717, 1.165) is 6.08 Å². The van der Waals surface area contributed by atoms with Crippen LogP contribution in [0.15, 0.2) is 59.6 Å². The van der Waals surface area contributed by atoms with E-state index in [9.17, 15) is 14.7 Å². The third kappa shape index (κ3) is 3.95. The van der Waals surface area contributed by atoms with Crippen LogP contribution in [0, 0.1) is 0 Å². The van der Waals surface area contributed by atoms with E-state index in [-0.39, 0.29) is 17.6 Å². The number of rotatable bonds is 4. The second kappa shape index (κ2) is 6.91. The van der Waals surface area contributed by atoms with E-state index in [1.54, 1.807) is 36.4 Å². The molecule has 0 aromatic heterocycles. The van der Waals surface area contributed by atoms with Gasteiger partial charge in [0.2, 0.25) is 5.91 Å². The second-order valence-electron chi connectivity index (χ2n) is 4.39. The van der Waals surface area contributed by atoms with Gasteiger partial charge in [0.15, 0.2) is 0 Å². The van der Waals surface area contributed by atoms with Crippen molar-refractivity contribution in [3.05, 3.63) is 65.2 Å². The molecule has 6 heteroatoms. The van der Waals surface area contributed by atoms with Gasteiger partial charge < -0.3 is 15.7 Å². The van der Waals surface area contributed by atoms with Crippen LogP contribution in [0.3, 0.4) is 0 Å². The molecule has 0 bridgehead atoms. The minimum Gasteiger partial charge on any atom is -0.506 e. The standard InChI is InChI=1S/C16H13BrN2O3/c1-2-15(21)18-12-6-3-10(4-7-12)16(22)19-13-8-5-11(17)9-14(13)20/h2-9,20H,1H2,(H,18,21)(H,19,22). The van der Waals surface area contributed by atoms with Crippen LogP contribution in [0.4, 0.5) is 11.4 Å². The van der Waals surface area contributed by atoms with Crippen molar-refractivity contribution in [3.63, 3.8) is 0 Å². The molecule has 0 saturated heterocycles. The molecule has 2 aromatic rings.